The summed E-state index contributed by atoms with van der Waals surface area (Å²) in [5.41, 5.74) is 0.724. The number of hydrogen-bond acceptors (Lipinski definition) is 2. The fourth-order valence-electron chi connectivity index (χ4n) is 0.723. The molecule has 0 heterocycles. The highest BCUT2D eigenvalue weighted by Gasteiger charge is 2.08. The molecular weight excluding hydrogens is 194 g/mol. The van der Waals surface area contributed by atoms with Gasteiger partial charge in [-0.1, -0.05) is 18.2 Å². The third-order valence-electron chi connectivity index (χ3n) is 1.26. The highest BCUT2D eigenvalue weighted by Crippen LogP contribution is 2.08. The van der Waals surface area contributed by atoms with Gasteiger partial charge >= 0.3 is 0 Å². The van der Waals surface area contributed by atoms with Gasteiger partial charge in [0.1, 0.15) is 0 Å². The van der Waals surface area contributed by atoms with Crippen LogP contribution in [0.5, 0.6) is 0 Å². The van der Waals surface area contributed by atoms with Crippen molar-refractivity contribution in [2.24, 2.45) is 0 Å². The smallest absolute Gasteiger partial charge is 0.252 e. The van der Waals surface area contributed by atoms with Crippen molar-refractivity contribution in [3.63, 3.8) is 0 Å². The summed E-state index contributed by atoms with van der Waals surface area (Å²) in [6, 6.07) is 9.10. The number of nitrogens with one attached hydrogen (secondary N) is 1. The molecule has 0 saturated heterocycles. The molecule has 0 saturated carbocycles. The molecule has 1 aromatic rings. The summed E-state index contributed by atoms with van der Waals surface area (Å²) < 4.78 is -0.801. The predicted molar refractivity (Wildman–Crippen MR) is 53.7 cm³/mol. The van der Waals surface area contributed by atoms with Gasteiger partial charge in [-0.25, -0.2) is 0 Å². The van der Waals surface area contributed by atoms with Crippen LogP contribution >= 0.6 is 24.2 Å². The van der Waals surface area contributed by atoms with E-state index in [2.05, 4.69) is 17.9 Å². The van der Waals surface area contributed by atoms with Crippen molar-refractivity contribution in [1.29, 1.82) is 0 Å². The van der Waals surface area contributed by atoms with E-state index in [4.69, 9.17) is 11.6 Å². The lowest BCUT2D eigenvalue weighted by Crippen LogP contribution is -2.18. The van der Waals surface area contributed by atoms with E-state index in [0.29, 0.717) is 0 Å². The van der Waals surface area contributed by atoms with Crippen molar-refractivity contribution in [3.8, 4) is 0 Å². The van der Waals surface area contributed by atoms with Crippen LogP contribution in [0.3, 0.4) is 0 Å². The van der Waals surface area contributed by atoms with Gasteiger partial charge in [0.15, 0.2) is 4.71 Å². The maximum Gasteiger partial charge on any atom is 0.252 e. The molecule has 1 rings (SSSR count). The Bertz CT molecular complexity index is 263. The zero-order valence-corrected chi connectivity index (χ0v) is 7.85. The lowest BCUT2D eigenvalue weighted by molar-refractivity contribution is -0.114. The number of carbonyl (C=O) groups is 1. The number of para-hydroxylation sites is 1. The number of anilines is 1. The number of amides is 1. The molecule has 0 fully saturated rings. The topological polar surface area (TPSA) is 29.1 Å². The van der Waals surface area contributed by atoms with Gasteiger partial charge in [-0.15, -0.1) is 11.6 Å². The second-order valence-electron chi connectivity index (χ2n) is 2.19. The van der Waals surface area contributed by atoms with E-state index in [-0.39, 0.29) is 5.91 Å². The molecule has 0 radical (unpaired) electrons. The minimum atomic E-state index is -0.801. The Morgan fingerprint density at radius 1 is 1.42 bits per heavy atom. The molecule has 4 heteroatoms. The Morgan fingerprint density at radius 2 is 2.00 bits per heavy atom. The van der Waals surface area contributed by atoms with Crippen LogP contribution < -0.4 is 5.32 Å². The molecule has 0 aliphatic rings. The van der Waals surface area contributed by atoms with Crippen LogP contribution in [0.4, 0.5) is 5.69 Å². The molecule has 1 aromatic carbocycles. The molecule has 1 amide bonds. The molecule has 1 N–H and O–H groups in total. The van der Waals surface area contributed by atoms with Crippen molar-refractivity contribution in [2.45, 2.75) is 4.71 Å². The van der Waals surface area contributed by atoms with Crippen LogP contribution in [0.15, 0.2) is 30.3 Å². The normalized spacial score (nSPS) is 12.2. The average molecular weight is 202 g/mol. The molecule has 1 unspecified atom stereocenters. The van der Waals surface area contributed by atoms with Crippen molar-refractivity contribution in [1.82, 2.24) is 0 Å². The quantitative estimate of drug-likeness (QED) is 0.557. The predicted octanol–water partition coefficient (Wildman–Crippen LogP) is 2.12. The number of hydrogen-bond donors (Lipinski definition) is 2. The number of rotatable bonds is 2. The zero-order valence-electron chi connectivity index (χ0n) is 6.20. The van der Waals surface area contributed by atoms with Gasteiger partial charge in [-0.3, -0.25) is 4.79 Å². The minimum Gasteiger partial charge on any atom is -0.324 e. The molecule has 0 bridgehead atoms. The van der Waals surface area contributed by atoms with E-state index in [1.165, 1.54) is 0 Å². The number of alkyl halides is 1. The van der Waals surface area contributed by atoms with Crippen LogP contribution in [0.2, 0.25) is 0 Å². The highest BCUT2D eigenvalue weighted by molar-refractivity contribution is 7.83. The molecule has 1 atom stereocenters. The molecule has 0 aromatic heterocycles. The Kier molecular flexibility index (Phi) is 3.44. The molecule has 0 spiro atoms. The number of benzene rings is 1. The first kappa shape index (κ1) is 9.42. The Labute approximate surface area is 81.3 Å². The van der Waals surface area contributed by atoms with Crippen LogP contribution in [0.25, 0.3) is 0 Å². The maximum absolute atomic E-state index is 11.0. The molecule has 0 aliphatic carbocycles. The standard InChI is InChI=1S/C8H8ClNOS/c9-7(12)8(11)10-6-4-2-1-3-5-6/h1-5,7,12H,(H,10,11). The number of carbonyl (C=O) groups excluding carboxylic acids is 1. The second kappa shape index (κ2) is 4.38. The fraction of sp³-hybridized carbons (Fsp3) is 0.125. The summed E-state index contributed by atoms with van der Waals surface area (Å²) >= 11 is 9.21. The Balaban J connectivity index is 2.59. The van der Waals surface area contributed by atoms with Crippen molar-refractivity contribution < 1.29 is 4.79 Å². The summed E-state index contributed by atoms with van der Waals surface area (Å²) in [4.78, 5) is 11.0. The van der Waals surface area contributed by atoms with Crippen molar-refractivity contribution >= 4 is 35.8 Å². The Morgan fingerprint density at radius 3 is 2.50 bits per heavy atom. The SMILES string of the molecule is O=C(Nc1ccccc1)C(S)Cl. The van der Waals surface area contributed by atoms with Crippen molar-refractivity contribution in [3.05, 3.63) is 30.3 Å². The Hall–Kier alpha value is -0.670. The summed E-state index contributed by atoms with van der Waals surface area (Å²) in [7, 11) is 0. The first-order valence-electron chi connectivity index (χ1n) is 3.38. The molecule has 64 valence electrons. The third-order valence-corrected chi connectivity index (χ3v) is 1.69. The van der Waals surface area contributed by atoms with E-state index in [1.54, 1.807) is 12.1 Å². The number of thiol groups is 1. The van der Waals surface area contributed by atoms with Crippen LogP contribution in [-0.4, -0.2) is 10.6 Å². The molecular formula is C8H8ClNOS. The van der Waals surface area contributed by atoms with Gasteiger partial charge in [0.2, 0.25) is 0 Å². The van der Waals surface area contributed by atoms with E-state index < -0.39 is 4.71 Å². The average Bonchev–Trinajstić information content (AvgIpc) is 2.06. The van der Waals surface area contributed by atoms with Crippen molar-refractivity contribution in [2.75, 3.05) is 5.32 Å². The lowest BCUT2D eigenvalue weighted by atomic mass is 10.3. The summed E-state index contributed by atoms with van der Waals surface area (Å²) in [5, 5.41) is 2.59. The zero-order chi connectivity index (χ0) is 8.97. The van der Waals surface area contributed by atoms with Gasteiger partial charge < -0.3 is 5.32 Å². The van der Waals surface area contributed by atoms with Gasteiger partial charge in [-0.2, -0.15) is 12.6 Å². The summed E-state index contributed by atoms with van der Waals surface area (Å²) in [5.74, 6) is -0.314. The van der Waals surface area contributed by atoms with E-state index >= 15 is 0 Å². The van der Waals surface area contributed by atoms with E-state index in [9.17, 15) is 4.79 Å². The lowest BCUT2D eigenvalue weighted by Gasteiger charge is -2.04. The van der Waals surface area contributed by atoms with Gasteiger partial charge in [0.25, 0.3) is 5.91 Å². The van der Waals surface area contributed by atoms with Gasteiger partial charge in [-0.05, 0) is 12.1 Å². The van der Waals surface area contributed by atoms with E-state index in [1.807, 2.05) is 18.2 Å². The maximum atomic E-state index is 11.0. The van der Waals surface area contributed by atoms with Gasteiger partial charge in [0.05, 0.1) is 0 Å². The first-order valence-corrected chi connectivity index (χ1v) is 4.33. The minimum absolute atomic E-state index is 0.314. The largest absolute Gasteiger partial charge is 0.324 e. The van der Waals surface area contributed by atoms with Gasteiger partial charge in [0, 0.05) is 5.69 Å². The highest BCUT2D eigenvalue weighted by atomic mass is 35.5. The van der Waals surface area contributed by atoms with E-state index in [0.717, 1.165) is 5.69 Å². The summed E-state index contributed by atoms with van der Waals surface area (Å²) in [6.07, 6.45) is 0. The second-order valence-corrected chi connectivity index (χ2v) is 3.45. The van der Waals surface area contributed by atoms with Crippen LogP contribution in [0, 0.1) is 0 Å². The third kappa shape index (κ3) is 2.75. The molecule has 0 aliphatic heterocycles. The molecule has 12 heavy (non-hydrogen) atoms. The number of halogens is 1. The first-order chi connectivity index (χ1) is 5.70. The van der Waals surface area contributed by atoms with Crippen LogP contribution in [-0.2, 0) is 4.79 Å². The monoisotopic (exact) mass is 201 g/mol. The summed E-state index contributed by atoms with van der Waals surface area (Å²) in [6.45, 7) is 0. The molecule has 2 nitrogen and oxygen atoms in total. The fourth-order valence-corrected chi connectivity index (χ4v) is 0.842. The van der Waals surface area contributed by atoms with Crippen LogP contribution in [0.1, 0.15) is 0 Å².